The monoisotopic (exact) mass is 303 g/mol. The number of para-hydroxylation sites is 1. The third-order valence-corrected chi connectivity index (χ3v) is 3.58. The van der Waals surface area contributed by atoms with Crippen LogP contribution in [0.5, 0.6) is 5.75 Å². The molecule has 1 amide bonds. The molecule has 2 aromatic rings. The number of rotatable bonds is 5. The highest BCUT2D eigenvalue weighted by Crippen LogP contribution is 2.20. The van der Waals surface area contributed by atoms with Crippen LogP contribution in [0, 0.1) is 6.92 Å². The summed E-state index contributed by atoms with van der Waals surface area (Å²) in [6.07, 6.45) is 0.866. The second kappa shape index (κ2) is 7.14. The van der Waals surface area contributed by atoms with E-state index in [0.717, 1.165) is 23.3 Å². The standard InChI is InChI=1S/C17H18ClNO2/c1-3-13-6-4-5-7-16(13)21-11-17(20)19-14-9-8-12(2)15(18)10-14/h4-10H,3,11H2,1-2H3,(H,19,20). The van der Waals surface area contributed by atoms with Crippen molar-refractivity contribution < 1.29 is 9.53 Å². The summed E-state index contributed by atoms with van der Waals surface area (Å²) in [6.45, 7) is 3.94. The first-order valence-corrected chi connectivity index (χ1v) is 7.24. The van der Waals surface area contributed by atoms with E-state index in [1.54, 1.807) is 6.07 Å². The van der Waals surface area contributed by atoms with Crippen molar-refractivity contribution in [3.8, 4) is 5.75 Å². The van der Waals surface area contributed by atoms with Crippen molar-refractivity contribution in [3.63, 3.8) is 0 Å². The minimum Gasteiger partial charge on any atom is -0.483 e. The highest BCUT2D eigenvalue weighted by atomic mass is 35.5. The Kier molecular flexibility index (Phi) is 5.23. The second-order valence-corrected chi connectivity index (χ2v) is 5.17. The predicted octanol–water partition coefficient (Wildman–Crippen LogP) is 4.23. The Morgan fingerprint density at radius 3 is 2.71 bits per heavy atom. The molecular formula is C17H18ClNO2. The summed E-state index contributed by atoms with van der Waals surface area (Å²) in [4.78, 5) is 11.9. The summed E-state index contributed by atoms with van der Waals surface area (Å²) in [5, 5.41) is 3.40. The highest BCUT2D eigenvalue weighted by molar-refractivity contribution is 6.31. The molecule has 0 aliphatic heterocycles. The van der Waals surface area contributed by atoms with Gasteiger partial charge in [-0.3, -0.25) is 4.79 Å². The minimum absolute atomic E-state index is 0.0253. The number of amides is 1. The smallest absolute Gasteiger partial charge is 0.262 e. The lowest BCUT2D eigenvalue weighted by atomic mass is 10.1. The number of halogens is 1. The van der Waals surface area contributed by atoms with Gasteiger partial charge in [0.05, 0.1) is 0 Å². The molecule has 0 heterocycles. The second-order valence-electron chi connectivity index (χ2n) is 4.76. The molecule has 0 atom stereocenters. The molecule has 0 fully saturated rings. The molecule has 4 heteroatoms. The molecule has 21 heavy (non-hydrogen) atoms. The number of aryl methyl sites for hydroxylation is 2. The van der Waals surface area contributed by atoms with Crippen LogP contribution in [-0.2, 0) is 11.2 Å². The normalized spacial score (nSPS) is 10.2. The van der Waals surface area contributed by atoms with E-state index in [2.05, 4.69) is 12.2 Å². The van der Waals surface area contributed by atoms with Crippen molar-refractivity contribution in [3.05, 3.63) is 58.6 Å². The first kappa shape index (κ1) is 15.4. The molecule has 2 aromatic carbocycles. The fourth-order valence-electron chi connectivity index (χ4n) is 1.95. The summed E-state index contributed by atoms with van der Waals surface area (Å²) < 4.78 is 5.57. The average molecular weight is 304 g/mol. The zero-order valence-corrected chi connectivity index (χ0v) is 12.9. The lowest BCUT2D eigenvalue weighted by Gasteiger charge is -2.11. The molecule has 1 N–H and O–H groups in total. The van der Waals surface area contributed by atoms with Gasteiger partial charge in [-0.05, 0) is 42.7 Å². The number of hydrogen-bond donors (Lipinski definition) is 1. The van der Waals surface area contributed by atoms with E-state index in [0.29, 0.717) is 10.7 Å². The molecule has 0 spiro atoms. The Morgan fingerprint density at radius 2 is 2.00 bits per heavy atom. The summed E-state index contributed by atoms with van der Waals surface area (Å²) in [5.74, 6) is 0.540. The van der Waals surface area contributed by atoms with Crippen LogP contribution in [-0.4, -0.2) is 12.5 Å². The van der Waals surface area contributed by atoms with Crippen LogP contribution < -0.4 is 10.1 Å². The topological polar surface area (TPSA) is 38.3 Å². The fraction of sp³-hybridized carbons (Fsp3) is 0.235. The van der Waals surface area contributed by atoms with Crippen LogP contribution in [0.1, 0.15) is 18.1 Å². The van der Waals surface area contributed by atoms with E-state index in [9.17, 15) is 4.79 Å². The maximum Gasteiger partial charge on any atom is 0.262 e. The van der Waals surface area contributed by atoms with Gasteiger partial charge in [0.1, 0.15) is 5.75 Å². The number of carbonyl (C=O) groups is 1. The van der Waals surface area contributed by atoms with Gasteiger partial charge in [0.15, 0.2) is 6.61 Å². The molecule has 0 aliphatic carbocycles. The van der Waals surface area contributed by atoms with Gasteiger partial charge in [0.2, 0.25) is 0 Å². The first-order valence-electron chi connectivity index (χ1n) is 6.87. The minimum atomic E-state index is -0.208. The average Bonchev–Trinajstić information content (AvgIpc) is 2.49. The van der Waals surface area contributed by atoms with Crippen LogP contribution in [0.15, 0.2) is 42.5 Å². The third kappa shape index (κ3) is 4.23. The van der Waals surface area contributed by atoms with Gasteiger partial charge < -0.3 is 10.1 Å². The van der Waals surface area contributed by atoms with Crippen molar-refractivity contribution in [2.75, 3.05) is 11.9 Å². The van der Waals surface area contributed by atoms with Gasteiger partial charge in [0.25, 0.3) is 5.91 Å². The third-order valence-electron chi connectivity index (χ3n) is 3.17. The summed E-state index contributed by atoms with van der Waals surface area (Å²) >= 11 is 6.03. The van der Waals surface area contributed by atoms with Gasteiger partial charge >= 0.3 is 0 Å². The molecule has 0 unspecified atom stereocenters. The first-order chi connectivity index (χ1) is 10.1. The number of nitrogens with one attached hydrogen (secondary N) is 1. The zero-order valence-electron chi connectivity index (χ0n) is 12.2. The van der Waals surface area contributed by atoms with Crippen LogP contribution in [0.4, 0.5) is 5.69 Å². The fourth-order valence-corrected chi connectivity index (χ4v) is 2.13. The van der Waals surface area contributed by atoms with Crippen molar-refractivity contribution in [2.24, 2.45) is 0 Å². The Bertz CT molecular complexity index is 640. The molecule has 0 bridgehead atoms. The van der Waals surface area contributed by atoms with E-state index in [4.69, 9.17) is 16.3 Å². The predicted molar refractivity (Wildman–Crippen MR) is 86.1 cm³/mol. The number of anilines is 1. The largest absolute Gasteiger partial charge is 0.483 e. The van der Waals surface area contributed by atoms with E-state index in [1.165, 1.54) is 0 Å². The molecule has 3 nitrogen and oxygen atoms in total. The van der Waals surface area contributed by atoms with Crippen LogP contribution in [0.25, 0.3) is 0 Å². The van der Waals surface area contributed by atoms with Gasteiger partial charge in [-0.2, -0.15) is 0 Å². The van der Waals surface area contributed by atoms with Gasteiger partial charge in [-0.25, -0.2) is 0 Å². The van der Waals surface area contributed by atoms with Crippen molar-refractivity contribution in [1.29, 1.82) is 0 Å². The molecular weight excluding hydrogens is 286 g/mol. The van der Waals surface area contributed by atoms with E-state index < -0.39 is 0 Å². The lowest BCUT2D eigenvalue weighted by Crippen LogP contribution is -2.20. The summed E-state index contributed by atoms with van der Waals surface area (Å²) in [6, 6.07) is 13.1. The molecule has 0 aromatic heterocycles. The maximum atomic E-state index is 11.9. The lowest BCUT2D eigenvalue weighted by molar-refractivity contribution is -0.118. The summed E-state index contributed by atoms with van der Waals surface area (Å²) in [7, 11) is 0. The Balaban J connectivity index is 1.94. The summed E-state index contributed by atoms with van der Waals surface area (Å²) in [5.41, 5.74) is 2.73. The van der Waals surface area contributed by atoms with Crippen LogP contribution >= 0.6 is 11.6 Å². The number of benzene rings is 2. The van der Waals surface area contributed by atoms with Crippen molar-refractivity contribution in [2.45, 2.75) is 20.3 Å². The van der Waals surface area contributed by atoms with Crippen molar-refractivity contribution >= 4 is 23.2 Å². The maximum absolute atomic E-state index is 11.9. The Hall–Kier alpha value is -2.00. The van der Waals surface area contributed by atoms with Crippen LogP contribution in [0.2, 0.25) is 5.02 Å². The van der Waals surface area contributed by atoms with Gasteiger partial charge in [0, 0.05) is 10.7 Å². The molecule has 110 valence electrons. The molecule has 0 saturated carbocycles. The molecule has 0 aliphatic rings. The Morgan fingerprint density at radius 1 is 1.24 bits per heavy atom. The number of hydrogen-bond acceptors (Lipinski definition) is 2. The van der Waals surface area contributed by atoms with E-state index in [-0.39, 0.29) is 12.5 Å². The highest BCUT2D eigenvalue weighted by Gasteiger charge is 2.07. The van der Waals surface area contributed by atoms with Crippen molar-refractivity contribution in [1.82, 2.24) is 0 Å². The number of ether oxygens (including phenoxy) is 1. The molecule has 0 saturated heterocycles. The molecule has 0 radical (unpaired) electrons. The molecule has 2 rings (SSSR count). The zero-order chi connectivity index (χ0) is 15.2. The van der Waals surface area contributed by atoms with Gasteiger partial charge in [-0.1, -0.05) is 42.8 Å². The van der Waals surface area contributed by atoms with Gasteiger partial charge in [-0.15, -0.1) is 0 Å². The number of carbonyl (C=O) groups excluding carboxylic acids is 1. The Labute approximate surface area is 129 Å². The van der Waals surface area contributed by atoms with E-state index >= 15 is 0 Å². The SMILES string of the molecule is CCc1ccccc1OCC(=O)Nc1ccc(C)c(Cl)c1. The van der Waals surface area contributed by atoms with Crippen LogP contribution in [0.3, 0.4) is 0 Å². The quantitative estimate of drug-likeness (QED) is 0.897. The van der Waals surface area contributed by atoms with E-state index in [1.807, 2.05) is 43.3 Å².